The molecule has 0 atom stereocenters. The van der Waals surface area contributed by atoms with Crippen molar-refractivity contribution in [1.29, 1.82) is 0 Å². The SMILES string of the molecule is CC1CCN(CCNC2CC(C(C)C)C2)CC1. The maximum Gasteiger partial charge on any atom is 0.0107 e. The van der Waals surface area contributed by atoms with Crippen molar-refractivity contribution < 1.29 is 0 Å². The van der Waals surface area contributed by atoms with Gasteiger partial charge in [-0.15, -0.1) is 0 Å². The van der Waals surface area contributed by atoms with Gasteiger partial charge in [0, 0.05) is 19.1 Å². The van der Waals surface area contributed by atoms with E-state index in [0.717, 1.165) is 23.8 Å². The molecule has 0 radical (unpaired) electrons. The monoisotopic (exact) mass is 238 g/mol. The second-order valence-corrected chi connectivity index (χ2v) is 6.65. The fourth-order valence-electron chi connectivity index (χ4n) is 3.09. The van der Waals surface area contributed by atoms with Gasteiger partial charge in [0.1, 0.15) is 0 Å². The molecule has 1 aliphatic carbocycles. The molecule has 2 nitrogen and oxygen atoms in total. The first-order valence-electron chi connectivity index (χ1n) is 7.61. The van der Waals surface area contributed by atoms with E-state index in [0.29, 0.717) is 0 Å². The molecule has 0 aromatic heterocycles. The number of likely N-dealkylation sites (tertiary alicyclic amines) is 1. The van der Waals surface area contributed by atoms with Crippen LogP contribution in [-0.4, -0.2) is 37.1 Å². The molecule has 1 N–H and O–H groups in total. The lowest BCUT2D eigenvalue weighted by atomic mass is 9.74. The molecule has 0 aromatic rings. The minimum Gasteiger partial charge on any atom is -0.313 e. The maximum absolute atomic E-state index is 3.72. The quantitative estimate of drug-likeness (QED) is 0.792. The van der Waals surface area contributed by atoms with Crippen LogP contribution in [0.4, 0.5) is 0 Å². The summed E-state index contributed by atoms with van der Waals surface area (Å²) in [4.78, 5) is 2.63. The second kappa shape index (κ2) is 6.19. The molecule has 0 amide bonds. The van der Waals surface area contributed by atoms with Gasteiger partial charge in [0.2, 0.25) is 0 Å². The van der Waals surface area contributed by atoms with E-state index in [4.69, 9.17) is 0 Å². The number of nitrogens with zero attached hydrogens (tertiary/aromatic N) is 1. The van der Waals surface area contributed by atoms with Crippen molar-refractivity contribution in [3.05, 3.63) is 0 Å². The average Bonchev–Trinajstić information content (AvgIpc) is 2.23. The number of hydrogen-bond acceptors (Lipinski definition) is 2. The van der Waals surface area contributed by atoms with Crippen molar-refractivity contribution in [2.75, 3.05) is 26.2 Å². The van der Waals surface area contributed by atoms with E-state index in [-0.39, 0.29) is 0 Å². The van der Waals surface area contributed by atoms with E-state index in [1.54, 1.807) is 0 Å². The molecule has 100 valence electrons. The fourth-order valence-corrected chi connectivity index (χ4v) is 3.09. The molecular formula is C15H30N2. The van der Waals surface area contributed by atoms with Crippen molar-refractivity contribution in [3.8, 4) is 0 Å². The highest BCUT2D eigenvalue weighted by Gasteiger charge is 2.30. The molecule has 2 fully saturated rings. The molecule has 1 saturated carbocycles. The van der Waals surface area contributed by atoms with Gasteiger partial charge >= 0.3 is 0 Å². The molecule has 0 spiro atoms. The molecule has 0 bridgehead atoms. The van der Waals surface area contributed by atoms with Crippen LogP contribution in [-0.2, 0) is 0 Å². The Kier molecular flexibility index (Phi) is 4.87. The van der Waals surface area contributed by atoms with Gasteiger partial charge in [-0.25, -0.2) is 0 Å². The Bertz CT molecular complexity index is 213. The van der Waals surface area contributed by atoms with E-state index in [2.05, 4.69) is 31.0 Å². The van der Waals surface area contributed by atoms with Crippen LogP contribution < -0.4 is 5.32 Å². The van der Waals surface area contributed by atoms with Crippen LogP contribution in [0, 0.1) is 17.8 Å². The first-order valence-corrected chi connectivity index (χ1v) is 7.61. The average molecular weight is 238 g/mol. The van der Waals surface area contributed by atoms with Crippen LogP contribution in [0.25, 0.3) is 0 Å². The summed E-state index contributed by atoms with van der Waals surface area (Å²) in [5.41, 5.74) is 0. The number of rotatable bonds is 5. The van der Waals surface area contributed by atoms with Gasteiger partial charge in [-0.3, -0.25) is 0 Å². The molecule has 17 heavy (non-hydrogen) atoms. The smallest absolute Gasteiger partial charge is 0.0107 e. The van der Waals surface area contributed by atoms with Crippen LogP contribution in [0.1, 0.15) is 46.5 Å². The zero-order valence-electron chi connectivity index (χ0n) is 11.9. The van der Waals surface area contributed by atoms with Crippen LogP contribution in [0.3, 0.4) is 0 Å². The summed E-state index contributed by atoms with van der Waals surface area (Å²) in [6.45, 7) is 12.2. The first kappa shape index (κ1) is 13.4. The molecule has 0 aromatic carbocycles. The van der Waals surface area contributed by atoms with Crippen LogP contribution in [0.15, 0.2) is 0 Å². The van der Waals surface area contributed by atoms with Gasteiger partial charge in [0.25, 0.3) is 0 Å². The summed E-state index contributed by atoms with van der Waals surface area (Å²) < 4.78 is 0. The van der Waals surface area contributed by atoms with Crippen LogP contribution in [0.2, 0.25) is 0 Å². The Labute approximate surface area is 107 Å². The number of nitrogens with one attached hydrogen (secondary N) is 1. The minimum absolute atomic E-state index is 0.825. The third-order valence-electron chi connectivity index (χ3n) is 4.85. The maximum atomic E-state index is 3.72. The molecule has 1 aliphatic heterocycles. The third kappa shape index (κ3) is 3.96. The Balaban J connectivity index is 1.50. The summed E-state index contributed by atoms with van der Waals surface area (Å²) in [5.74, 6) is 2.83. The van der Waals surface area contributed by atoms with Gasteiger partial charge in [-0.05, 0) is 56.5 Å². The van der Waals surface area contributed by atoms with Gasteiger partial charge < -0.3 is 10.2 Å². The van der Waals surface area contributed by atoms with Gasteiger partial charge in [-0.1, -0.05) is 20.8 Å². The first-order chi connectivity index (χ1) is 8.15. The zero-order valence-corrected chi connectivity index (χ0v) is 11.9. The number of piperidine rings is 1. The van der Waals surface area contributed by atoms with Crippen molar-refractivity contribution in [2.45, 2.75) is 52.5 Å². The highest BCUT2D eigenvalue weighted by molar-refractivity contribution is 4.86. The molecule has 1 saturated heterocycles. The van der Waals surface area contributed by atoms with E-state index in [1.807, 2.05) is 0 Å². The van der Waals surface area contributed by atoms with Gasteiger partial charge in [-0.2, -0.15) is 0 Å². The van der Waals surface area contributed by atoms with Crippen molar-refractivity contribution in [1.82, 2.24) is 10.2 Å². The zero-order chi connectivity index (χ0) is 12.3. The highest BCUT2D eigenvalue weighted by Crippen LogP contribution is 2.33. The van der Waals surface area contributed by atoms with Gasteiger partial charge in [0.05, 0.1) is 0 Å². The molecular weight excluding hydrogens is 208 g/mol. The summed E-state index contributed by atoms with van der Waals surface area (Å²) in [7, 11) is 0. The van der Waals surface area contributed by atoms with Gasteiger partial charge in [0.15, 0.2) is 0 Å². The summed E-state index contributed by atoms with van der Waals surface area (Å²) in [6.07, 6.45) is 5.63. The van der Waals surface area contributed by atoms with Crippen LogP contribution in [0.5, 0.6) is 0 Å². The predicted molar refractivity (Wildman–Crippen MR) is 74.2 cm³/mol. The standard InChI is InChI=1S/C15H30N2/c1-12(2)14-10-15(11-14)16-6-9-17-7-4-13(3)5-8-17/h12-16H,4-11H2,1-3H3. The topological polar surface area (TPSA) is 15.3 Å². The molecule has 2 rings (SSSR count). The van der Waals surface area contributed by atoms with Crippen molar-refractivity contribution in [3.63, 3.8) is 0 Å². The van der Waals surface area contributed by atoms with Crippen LogP contribution >= 0.6 is 0 Å². The lowest BCUT2D eigenvalue weighted by molar-refractivity contribution is 0.153. The van der Waals surface area contributed by atoms with E-state index in [1.165, 1.54) is 51.9 Å². The summed E-state index contributed by atoms with van der Waals surface area (Å²) in [5, 5.41) is 3.72. The number of hydrogen-bond donors (Lipinski definition) is 1. The summed E-state index contributed by atoms with van der Waals surface area (Å²) in [6, 6.07) is 0.825. The predicted octanol–water partition coefficient (Wildman–Crippen LogP) is 2.74. The lowest BCUT2D eigenvalue weighted by Gasteiger charge is -2.39. The Morgan fingerprint density at radius 2 is 1.82 bits per heavy atom. The Morgan fingerprint density at radius 3 is 2.41 bits per heavy atom. The summed E-state index contributed by atoms with van der Waals surface area (Å²) >= 11 is 0. The normalized spacial score (nSPS) is 31.8. The molecule has 0 unspecified atom stereocenters. The molecule has 2 heteroatoms. The lowest BCUT2D eigenvalue weighted by Crippen LogP contribution is -2.46. The van der Waals surface area contributed by atoms with Crippen molar-refractivity contribution in [2.24, 2.45) is 17.8 Å². The fraction of sp³-hybridized carbons (Fsp3) is 1.00. The Hall–Kier alpha value is -0.0800. The molecule has 1 heterocycles. The highest BCUT2D eigenvalue weighted by atomic mass is 15.1. The van der Waals surface area contributed by atoms with E-state index >= 15 is 0 Å². The van der Waals surface area contributed by atoms with E-state index < -0.39 is 0 Å². The second-order valence-electron chi connectivity index (χ2n) is 6.65. The largest absolute Gasteiger partial charge is 0.313 e. The third-order valence-corrected chi connectivity index (χ3v) is 4.85. The Morgan fingerprint density at radius 1 is 1.18 bits per heavy atom. The minimum atomic E-state index is 0.825. The van der Waals surface area contributed by atoms with E-state index in [9.17, 15) is 0 Å². The molecule has 2 aliphatic rings. The van der Waals surface area contributed by atoms with Crippen molar-refractivity contribution >= 4 is 0 Å².